The molecule has 0 bridgehead atoms. The summed E-state index contributed by atoms with van der Waals surface area (Å²) >= 11 is 0. The number of carboxylic acid groups (broad SMARTS) is 1. The summed E-state index contributed by atoms with van der Waals surface area (Å²) in [4.78, 5) is 39.1. The molecule has 0 spiro atoms. The molecule has 31 heavy (non-hydrogen) atoms. The van der Waals surface area contributed by atoms with E-state index in [1.54, 1.807) is 18.7 Å². The zero-order valence-corrected chi connectivity index (χ0v) is 20.8. The number of ether oxygens (including phenoxy) is 1. The van der Waals surface area contributed by atoms with Gasteiger partial charge in [0.1, 0.15) is 12.1 Å². The fourth-order valence-corrected chi connectivity index (χ4v) is 4.89. The first-order valence-corrected chi connectivity index (χ1v) is 10.9. The molecule has 7 nitrogen and oxygen atoms in total. The molecule has 1 amide bonds. The van der Waals surface area contributed by atoms with Crippen molar-refractivity contribution in [3.05, 3.63) is 35.9 Å². The number of fused-ring (bicyclic) bond motifs is 1. The number of hydrogen-bond acceptors (Lipinski definition) is 5. The fraction of sp³-hybridized carbons (Fsp3) is 0.609. The number of nitrogens with one attached hydrogen (secondary N) is 1. The van der Waals surface area contributed by atoms with Crippen LogP contribution in [-0.2, 0) is 25.5 Å². The topological polar surface area (TPSA) is 95.9 Å². The number of hydrogen-bond donors (Lipinski definition) is 2. The van der Waals surface area contributed by atoms with Crippen molar-refractivity contribution in [3.63, 3.8) is 0 Å². The largest absolute Gasteiger partial charge is 1.00 e. The van der Waals surface area contributed by atoms with Crippen LogP contribution in [-0.4, -0.2) is 58.6 Å². The maximum absolute atomic E-state index is 13.2. The van der Waals surface area contributed by atoms with Crippen LogP contribution in [0.15, 0.2) is 30.3 Å². The third-order valence-corrected chi connectivity index (χ3v) is 6.33. The predicted octanol–water partition coefficient (Wildman–Crippen LogP) is -0.500. The molecule has 1 saturated carbocycles. The Bertz CT molecular complexity index is 766. The van der Waals surface area contributed by atoms with E-state index < -0.39 is 24.1 Å². The minimum absolute atomic E-state index is 0. The van der Waals surface area contributed by atoms with Crippen molar-refractivity contribution in [2.45, 2.75) is 76.5 Å². The van der Waals surface area contributed by atoms with Crippen molar-refractivity contribution < 1.29 is 55.2 Å². The van der Waals surface area contributed by atoms with Crippen LogP contribution in [0.5, 0.6) is 0 Å². The Kier molecular flexibility index (Phi) is 10.0. The van der Waals surface area contributed by atoms with Crippen molar-refractivity contribution in [1.29, 1.82) is 0 Å². The number of carbonyl (C=O) groups excluding carboxylic acids is 2. The minimum Gasteiger partial charge on any atom is -1.00 e. The van der Waals surface area contributed by atoms with Crippen LogP contribution in [0.2, 0.25) is 0 Å². The van der Waals surface area contributed by atoms with Gasteiger partial charge in [0.25, 0.3) is 0 Å². The molecule has 1 aromatic carbocycles. The number of amides is 1. The van der Waals surface area contributed by atoms with Crippen molar-refractivity contribution in [2.24, 2.45) is 5.92 Å². The molecule has 1 saturated heterocycles. The zero-order valence-electron chi connectivity index (χ0n) is 19.8. The monoisotopic (exact) mass is 440 g/mol. The molecule has 2 aliphatic rings. The van der Waals surface area contributed by atoms with Crippen LogP contribution in [0, 0.1) is 5.92 Å². The van der Waals surface area contributed by atoms with Gasteiger partial charge in [-0.1, -0.05) is 36.8 Å². The van der Waals surface area contributed by atoms with Crippen LogP contribution in [0.4, 0.5) is 0 Å². The first kappa shape index (κ1) is 25.8. The maximum Gasteiger partial charge on any atom is 1.00 e. The maximum atomic E-state index is 13.2. The molecule has 1 heterocycles. The van der Waals surface area contributed by atoms with Gasteiger partial charge in [0.05, 0.1) is 12.6 Å². The summed E-state index contributed by atoms with van der Waals surface area (Å²) in [6.45, 7) is 3.72. The number of aryl methyl sites for hydroxylation is 1. The number of aliphatic carboxylic acids is 1. The second kappa shape index (κ2) is 12.0. The Labute approximate surface area is 207 Å². The summed E-state index contributed by atoms with van der Waals surface area (Å²) in [7, 11) is 0. The molecule has 5 atom stereocenters. The number of rotatable bonds is 9. The Morgan fingerprint density at radius 1 is 1.26 bits per heavy atom. The second-order valence-corrected chi connectivity index (χ2v) is 8.31. The number of esters is 1. The molecule has 0 aromatic heterocycles. The first-order valence-electron chi connectivity index (χ1n) is 10.9. The van der Waals surface area contributed by atoms with Crippen LogP contribution < -0.4 is 34.9 Å². The van der Waals surface area contributed by atoms with E-state index in [2.05, 4.69) is 5.32 Å². The Morgan fingerprint density at radius 2 is 1.97 bits per heavy atom. The Hall–Kier alpha value is -1.41. The standard InChI is InChI=1S/C23H32N2O5.Na.H/c1-3-30-23(29)18(13-12-16-8-5-4-6-9-16)24-15(2)21(26)25-19-11-7-10-17(19)14-20(25)22(27)28;;/h4-6,8-9,15,17-20,24H,3,7,10-14H2,1-2H3,(H,27,28);;/q;+1;-1/t15-,17-,18-,19-,20-;;/m0../s1. The molecular weight excluding hydrogens is 407 g/mol. The van der Waals surface area contributed by atoms with Crippen molar-refractivity contribution >= 4 is 17.8 Å². The summed E-state index contributed by atoms with van der Waals surface area (Å²) in [5.74, 6) is -1.31. The SMILES string of the molecule is CCOC(=O)[C@H](CCc1ccccc1)N[C@@H](C)C(=O)N1[C@H](C(=O)O)C[C@@H]2CCC[C@@H]21.[H-].[Na+]. The summed E-state index contributed by atoms with van der Waals surface area (Å²) in [6.07, 6.45) is 4.54. The van der Waals surface area contributed by atoms with E-state index in [4.69, 9.17) is 4.74 Å². The molecule has 166 valence electrons. The Balaban J connectivity index is 0.00000256. The van der Waals surface area contributed by atoms with E-state index in [9.17, 15) is 19.5 Å². The molecule has 2 fully saturated rings. The first-order chi connectivity index (χ1) is 14.4. The second-order valence-electron chi connectivity index (χ2n) is 8.31. The van der Waals surface area contributed by atoms with E-state index in [1.807, 2.05) is 30.3 Å². The van der Waals surface area contributed by atoms with E-state index >= 15 is 0 Å². The molecule has 2 N–H and O–H groups in total. The molecule has 3 rings (SSSR count). The van der Waals surface area contributed by atoms with E-state index in [-0.39, 0.29) is 61.4 Å². The average Bonchev–Trinajstić information content (AvgIpc) is 3.32. The Morgan fingerprint density at radius 3 is 2.61 bits per heavy atom. The van der Waals surface area contributed by atoms with Crippen LogP contribution in [0.25, 0.3) is 0 Å². The molecule has 1 aliphatic carbocycles. The number of nitrogens with zero attached hydrogens (tertiary/aromatic N) is 1. The van der Waals surface area contributed by atoms with E-state index in [1.165, 1.54) is 0 Å². The molecule has 1 aromatic rings. The van der Waals surface area contributed by atoms with Crippen molar-refractivity contribution in [2.75, 3.05) is 6.61 Å². The summed E-state index contributed by atoms with van der Waals surface area (Å²) in [6, 6.07) is 7.76. The van der Waals surface area contributed by atoms with Gasteiger partial charge in [-0.05, 0) is 57.4 Å². The van der Waals surface area contributed by atoms with Gasteiger partial charge >= 0.3 is 41.5 Å². The third-order valence-electron chi connectivity index (χ3n) is 6.33. The molecule has 0 unspecified atom stereocenters. The average molecular weight is 441 g/mol. The van der Waals surface area contributed by atoms with Gasteiger partial charge in [-0.2, -0.15) is 0 Å². The van der Waals surface area contributed by atoms with Gasteiger partial charge in [-0.3, -0.25) is 14.9 Å². The van der Waals surface area contributed by atoms with Gasteiger partial charge in [0.2, 0.25) is 5.91 Å². The number of benzene rings is 1. The van der Waals surface area contributed by atoms with Crippen molar-refractivity contribution in [1.82, 2.24) is 10.2 Å². The van der Waals surface area contributed by atoms with Gasteiger partial charge in [-0.15, -0.1) is 0 Å². The zero-order chi connectivity index (χ0) is 21.7. The number of likely N-dealkylation sites (tertiary alicyclic amines) is 1. The fourth-order valence-electron chi connectivity index (χ4n) is 4.89. The van der Waals surface area contributed by atoms with Gasteiger partial charge in [-0.25, -0.2) is 4.79 Å². The summed E-state index contributed by atoms with van der Waals surface area (Å²) in [5, 5.41) is 12.8. The quantitative estimate of drug-likeness (QED) is 0.397. The van der Waals surface area contributed by atoms with Crippen molar-refractivity contribution in [3.8, 4) is 0 Å². The molecule has 0 radical (unpaired) electrons. The van der Waals surface area contributed by atoms with Gasteiger partial charge in [0, 0.05) is 6.04 Å². The molecular formula is C23H33N2NaO5. The van der Waals surface area contributed by atoms with Crippen LogP contribution in [0.3, 0.4) is 0 Å². The molecule has 8 heteroatoms. The third kappa shape index (κ3) is 6.31. The van der Waals surface area contributed by atoms with E-state index in [0.29, 0.717) is 19.3 Å². The number of carbonyl (C=O) groups is 3. The summed E-state index contributed by atoms with van der Waals surface area (Å²) < 4.78 is 5.21. The van der Waals surface area contributed by atoms with Crippen LogP contribution >= 0.6 is 0 Å². The minimum atomic E-state index is -0.948. The van der Waals surface area contributed by atoms with E-state index in [0.717, 1.165) is 24.8 Å². The predicted molar refractivity (Wildman–Crippen MR) is 113 cm³/mol. The normalized spacial score (nSPS) is 24.1. The summed E-state index contributed by atoms with van der Waals surface area (Å²) in [5.41, 5.74) is 1.10. The van der Waals surface area contributed by atoms with Gasteiger partial charge in [0.15, 0.2) is 0 Å². The van der Waals surface area contributed by atoms with Gasteiger partial charge < -0.3 is 16.2 Å². The number of carboxylic acids is 1. The molecule has 1 aliphatic heterocycles. The van der Waals surface area contributed by atoms with Crippen LogP contribution in [0.1, 0.15) is 52.9 Å². The smallest absolute Gasteiger partial charge is 1.00 e.